The van der Waals surface area contributed by atoms with Crippen LogP contribution in [0.5, 0.6) is 0 Å². The first-order valence-corrected chi connectivity index (χ1v) is 8.05. The third-order valence-corrected chi connectivity index (χ3v) is 4.79. The van der Waals surface area contributed by atoms with Gasteiger partial charge in [-0.25, -0.2) is 4.39 Å². The van der Waals surface area contributed by atoms with Crippen LogP contribution in [-0.4, -0.2) is 5.91 Å². The number of amides is 1. The van der Waals surface area contributed by atoms with E-state index >= 15 is 0 Å². The van der Waals surface area contributed by atoms with E-state index in [1.54, 1.807) is 12.1 Å². The van der Waals surface area contributed by atoms with Gasteiger partial charge in [0.1, 0.15) is 5.82 Å². The van der Waals surface area contributed by atoms with E-state index in [1.807, 2.05) is 0 Å². The lowest BCUT2D eigenvalue weighted by atomic mass is 10.1. The molecule has 2 aromatic rings. The van der Waals surface area contributed by atoms with Crippen LogP contribution in [0.1, 0.15) is 34.6 Å². The molecule has 0 spiro atoms. The van der Waals surface area contributed by atoms with Gasteiger partial charge in [-0.3, -0.25) is 4.79 Å². The zero-order valence-electron chi connectivity index (χ0n) is 12.8. The van der Waals surface area contributed by atoms with Gasteiger partial charge in [-0.05, 0) is 46.7 Å². The van der Waals surface area contributed by atoms with Crippen LogP contribution in [-0.2, 0) is 24.4 Å². The molecule has 23 heavy (non-hydrogen) atoms. The maximum absolute atomic E-state index is 12.9. The molecule has 2 aromatic carbocycles. The van der Waals surface area contributed by atoms with E-state index in [0.29, 0.717) is 6.54 Å². The van der Waals surface area contributed by atoms with Crippen LogP contribution in [0.3, 0.4) is 0 Å². The summed E-state index contributed by atoms with van der Waals surface area (Å²) >= 11 is 0. The number of benzene rings is 2. The Bertz CT molecular complexity index is 742. The Labute approximate surface area is 134 Å². The average molecular weight is 310 g/mol. The maximum atomic E-state index is 12.9. The quantitative estimate of drug-likeness (QED) is 0.912. The molecule has 1 aliphatic heterocycles. The van der Waals surface area contributed by atoms with E-state index in [0.717, 1.165) is 30.6 Å². The number of carbonyl (C=O) groups excluding carboxylic acids is 1. The first kappa shape index (κ1) is 14.4. The number of hydrogen-bond acceptors (Lipinski definition) is 2. The molecule has 2 aliphatic rings. The van der Waals surface area contributed by atoms with Crippen molar-refractivity contribution in [2.24, 2.45) is 5.92 Å². The average Bonchev–Trinajstić information content (AvgIpc) is 3.23. The number of rotatable bonds is 4. The van der Waals surface area contributed by atoms with Crippen molar-refractivity contribution in [3.63, 3.8) is 0 Å². The van der Waals surface area contributed by atoms with Crippen molar-refractivity contribution in [1.29, 1.82) is 0 Å². The second kappa shape index (κ2) is 5.78. The summed E-state index contributed by atoms with van der Waals surface area (Å²) in [4.78, 5) is 12.3. The van der Waals surface area contributed by atoms with Gasteiger partial charge in [0.15, 0.2) is 0 Å². The molecular weight excluding hydrogens is 291 g/mol. The third-order valence-electron chi connectivity index (χ3n) is 4.79. The van der Waals surface area contributed by atoms with Gasteiger partial charge in [0, 0.05) is 25.6 Å². The molecule has 4 rings (SSSR count). The number of nitrogens with one attached hydrogen (secondary N) is 2. The largest absolute Gasteiger partial charge is 0.352 e. The minimum absolute atomic E-state index is 0.0246. The molecule has 0 aromatic heterocycles. The van der Waals surface area contributed by atoms with Crippen molar-refractivity contribution in [2.75, 3.05) is 0 Å². The van der Waals surface area contributed by atoms with Crippen LogP contribution in [0.25, 0.3) is 0 Å². The standard InChI is InChI=1S/C19H19FN2O/c20-16-5-3-13(4-6-16)17-8-18(17)19(23)22-9-12-1-2-14-10-21-11-15(14)7-12/h1-7,17-18,21H,8-11H2,(H,22,23). The molecule has 0 saturated heterocycles. The van der Waals surface area contributed by atoms with Crippen LogP contribution in [0.4, 0.5) is 4.39 Å². The second-order valence-corrected chi connectivity index (χ2v) is 6.42. The van der Waals surface area contributed by atoms with Crippen molar-refractivity contribution < 1.29 is 9.18 Å². The Morgan fingerprint density at radius 1 is 1.13 bits per heavy atom. The second-order valence-electron chi connectivity index (χ2n) is 6.42. The smallest absolute Gasteiger partial charge is 0.224 e. The van der Waals surface area contributed by atoms with E-state index < -0.39 is 0 Å². The van der Waals surface area contributed by atoms with Crippen LogP contribution in [0, 0.1) is 11.7 Å². The lowest BCUT2D eigenvalue weighted by molar-refractivity contribution is -0.122. The van der Waals surface area contributed by atoms with E-state index in [-0.39, 0.29) is 23.6 Å². The predicted molar refractivity (Wildman–Crippen MR) is 86.1 cm³/mol. The molecule has 4 heteroatoms. The molecule has 2 N–H and O–H groups in total. The maximum Gasteiger partial charge on any atom is 0.224 e. The van der Waals surface area contributed by atoms with Gasteiger partial charge in [0.25, 0.3) is 0 Å². The van der Waals surface area contributed by atoms with Crippen molar-refractivity contribution in [3.8, 4) is 0 Å². The zero-order chi connectivity index (χ0) is 15.8. The molecule has 1 amide bonds. The Kier molecular flexibility index (Phi) is 3.62. The first-order valence-electron chi connectivity index (χ1n) is 8.05. The lowest BCUT2D eigenvalue weighted by Gasteiger charge is -2.07. The van der Waals surface area contributed by atoms with Crippen LogP contribution < -0.4 is 10.6 Å². The van der Waals surface area contributed by atoms with Gasteiger partial charge in [-0.2, -0.15) is 0 Å². The summed E-state index contributed by atoms with van der Waals surface area (Å²) < 4.78 is 12.9. The van der Waals surface area contributed by atoms with Crippen molar-refractivity contribution >= 4 is 5.91 Å². The van der Waals surface area contributed by atoms with Gasteiger partial charge >= 0.3 is 0 Å². The number of halogens is 1. The fraction of sp³-hybridized carbons (Fsp3) is 0.316. The first-order chi connectivity index (χ1) is 11.2. The molecule has 1 saturated carbocycles. The molecule has 1 fully saturated rings. The summed E-state index contributed by atoms with van der Waals surface area (Å²) in [7, 11) is 0. The molecule has 3 nitrogen and oxygen atoms in total. The fourth-order valence-corrected chi connectivity index (χ4v) is 3.34. The van der Waals surface area contributed by atoms with Gasteiger partial charge in [0.2, 0.25) is 5.91 Å². The van der Waals surface area contributed by atoms with E-state index in [1.165, 1.54) is 23.3 Å². The molecule has 0 bridgehead atoms. The topological polar surface area (TPSA) is 41.1 Å². The van der Waals surface area contributed by atoms with Gasteiger partial charge < -0.3 is 10.6 Å². The van der Waals surface area contributed by atoms with Crippen LogP contribution >= 0.6 is 0 Å². The minimum Gasteiger partial charge on any atom is -0.352 e. The Hall–Kier alpha value is -2.20. The van der Waals surface area contributed by atoms with Crippen molar-refractivity contribution in [2.45, 2.75) is 32.0 Å². The van der Waals surface area contributed by atoms with Crippen molar-refractivity contribution in [3.05, 3.63) is 70.5 Å². The van der Waals surface area contributed by atoms with E-state index in [9.17, 15) is 9.18 Å². The molecule has 2 atom stereocenters. The normalized spacial score (nSPS) is 21.8. The summed E-state index contributed by atoms with van der Waals surface area (Å²) in [5.41, 5.74) is 4.86. The third kappa shape index (κ3) is 2.99. The summed E-state index contributed by atoms with van der Waals surface area (Å²) in [5.74, 6) is 0.121. The molecule has 0 radical (unpaired) electrons. The number of fused-ring (bicyclic) bond motifs is 1. The summed E-state index contributed by atoms with van der Waals surface area (Å²) in [6.45, 7) is 2.41. The van der Waals surface area contributed by atoms with E-state index in [2.05, 4.69) is 28.8 Å². The fourth-order valence-electron chi connectivity index (χ4n) is 3.34. The highest BCUT2D eigenvalue weighted by Gasteiger charge is 2.43. The molecule has 2 unspecified atom stereocenters. The minimum atomic E-state index is -0.235. The summed E-state index contributed by atoms with van der Waals surface area (Å²) in [6, 6.07) is 12.9. The molecule has 1 aliphatic carbocycles. The molecule has 1 heterocycles. The van der Waals surface area contributed by atoms with Crippen LogP contribution in [0.15, 0.2) is 42.5 Å². The highest BCUT2D eigenvalue weighted by atomic mass is 19.1. The Morgan fingerprint density at radius 3 is 2.74 bits per heavy atom. The lowest BCUT2D eigenvalue weighted by Crippen LogP contribution is -2.24. The molecule has 118 valence electrons. The Balaban J connectivity index is 1.33. The van der Waals surface area contributed by atoms with Crippen molar-refractivity contribution in [1.82, 2.24) is 10.6 Å². The molecular formula is C19H19FN2O. The highest BCUT2D eigenvalue weighted by molar-refractivity contribution is 5.82. The number of hydrogen-bond donors (Lipinski definition) is 2. The van der Waals surface area contributed by atoms with Crippen LogP contribution in [0.2, 0.25) is 0 Å². The SMILES string of the molecule is O=C(NCc1ccc2c(c1)CNC2)C1CC1c1ccc(F)cc1. The number of carbonyl (C=O) groups is 1. The van der Waals surface area contributed by atoms with Gasteiger partial charge in [-0.1, -0.05) is 30.3 Å². The van der Waals surface area contributed by atoms with Gasteiger partial charge in [-0.15, -0.1) is 0 Å². The monoisotopic (exact) mass is 310 g/mol. The summed E-state index contributed by atoms with van der Waals surface area (Å²) in [5, 5.41) is 6.35. The summed E-state index contributed by atoms with van der Waals surface area (Å²) in [6.07, 6.45) is 0.853. The van der Waals surface area contributed by atoms with Gasteiger partial charge in [0.05, 0.1) is 0 Å². The predicted octanol–water partition coefficient (Wildman–Crippen LogP) is 2.85. The van der Waals surface area contributed by atoms with E-state index in [4.69, 9.17) is 0 Å². The highest BCUT2D eigenvalue weighted by Crippen LogP contribution is 2.47. The Morgan fingerprint density at radius 2 is 1.91 bits per heavy atom. The zero-order valence-corrected chi connectivity index (χ0v) is 12.8.